The Morgan fingerprint density at radius 3 is 2.47 bits per heavy atom. The van der Waals surface area contributed by atoms with Crippen molar-refractivity contribution in [3.05, 3.63) is 47.2 Å². The standard InChI is InChI=1S/C23H26F4N4O/c1-15-5-3-6-17(11-15)29-21(32)19-16(2)18(31-13-23(26,27)14-31)12-28-20(19)30-9-4-7-22(24,25)8-10-30/h3,5-6,11-12H,4,7-10,13-14H2,1-2H3,(H,29,32). The number of nitrogens with zero attached hydrogens (tertiary/aromatic N) is 3. The van der Waals surface area contributed by atoms with Crippen LogP contribution in [0.2, 0.25) is 0 Å². The summed E-state index contributed by atoms with van der Waals surface area (Å²) < 4.78 is 54.7. The van der Waals surface area contributed by atoms with Gasteiger partial charge >= 0.3 is 0 Å². The number of hydrogen-bond donors (Lipinski definition) is 1. The molecule has 3 heterocycles. The molecule has 4 rings (SSSR count). The molecule has 5 nitrogen and oxygen atoms in total. The summed E-state index contributed by atoms with van der Waals surface area (Å²) in [6, 6.07) is 7.27. The summed E-state index contributed by atoms with van der Waals surface area (Å²) in [5.74, 6) is -5.66. The van der Waals surface area contributed by atoms with Gasteiger partial charge in [0.15, 0.2) is 0 Å². The Labute approximate surface area is 184 Å². The van der Waals surface area contributed by atoms with E-state index in [4.69, 9.17) is 0 Å². The van der Waals surface area contributed by atoms with Gasteiger partial charge in [0.2, 0.25) is 5.92 Å². The highest BCUT2D eigenvalue weighted by molar-refractivity contribution is 6.09. The number of anilines is 3. The molecule has 0 saturated carbocycles. The van der Waals surface area contributed by atoms with Gasteiger partial charge in [-0.25, -0.2) is 22.5 Å². The van der Waals surface area contributed by atoms with Gasteiger partial charge in [-0.05, 0) is 43.5 Å². The zero-order chi connectivity index (χ0) is 23.1. The molecule has 0 bridgehead atoms. The molecule has 172 valence electrons. The Bertz CT molecular complexity index is 1020. The van der Waals surface area contributed by atoms with Crippen molar-refractivity contribution in [2.24, 2.45) is 0 Å². The number of nitrogens with one attached hydrogen (secondary N) is 1. The third kappa shape index (κ3) is 4.66. The Balaban J connectivity index is 1.70. The molecule has 2 aliphatic heterocycles. The summed E-state index contributed by atoms with van der Waals surface area (Å²) in [6.07, 6.45) is 1.19. The van der Waals surface area contributed by atoms with E-state index in [0.717, 1.165) is 5.56 Å². The van der Waals surface area contributed by atoms with Crippen molar-refractivity contribution in [3.63, 3.8) is 0 Å². The molecule has 2 saturated heterocycles. The summed E-state index contributed by atoms with van der Waals surface area (Å²) in [5.41, 5.74) is 2.73. The van der Waals surface area contributed by atoms with E-state index in [1.807, 2.05) is 25.1 Å². The van der Waals surface area contributed by atoms with Crippen LogP contribution in [-0.4, -0.2) is 48.9 Å². The van der Waals surface area contributed by atoms with Gasteiger partial charge in [0.1, 0.15) is 5.82 Å². The Morgan fingerprint density at radius 2 is 1.78 bits per heavy atom. The molecule has 32 heavy (non-hydrogen) atoms. The minimum absolute atomic E-state index is 0.0608. The SMILES string of the molecule is Cc1cccc(NC(=O)c2c(N3CCCC(F)(F)CC3)ncc(N3CC(F)(F)C3)c2C)c1. The van der Waals surface area contributed by atoms with E-state index in [-0.39, 0.29) is 31.4 Å². The van der Waals surface area contributed by atoms with Crippen LogP contribution in [0.4, 0.5) is 34.8 Å². The quantitative estimate of drug-likeness (QED) is 0.664. The molecular weight excluding hydrogens is 424 g/mol. The van der Waals surface area contributed by atoms with Crippen LogP contribution in [0.5, 0.6) is 0 Å². The number of aryl methyl sites for hydroxylation is 1. The number of rotatable bonds is 4. The summed E-state index contributed by atoms with van der Waals surface area (Å²) in [6.45, 7) is 3.11. The lowest BCUT2D eigenvalue weighted by Crippen LogP contribution is -2.56. The number of benzene rings is 1. The first-order valence-corrected chi connectivity index (χ1v) is 10.7. The van der Waals surface area contributed by atoms with Crippen molar-refractivity contribution < 1.29 is 22.4 Å². The monoisotopic (exact) mass is 450 g/mol. The molecule has 0 spiro atoms. The fourth-order valence-electron chi connectivity index (χ4n) is 4.28. The average Bonchev–Trinajstić information content (AvgIpc) is 2.86. The molecule has 1 aromatic carbocycles. The van der Waals surface area contributed by atoms with E-state index in [9.17, 15) is 22.4 Å². The molecule has 1 amide bonds. The van der Waals surface area contributed by atoms with Gasteiger partial charge in [-0.3, -0.25) is 4.79 Å². The zero-order valence-corrected chi connectivity index (χ0v) is 18.1. The maximum atomic E-state index is 13.9. The van der Waals surface area contributed by atoms with Gasteiger partial charge in [-0.15, -0.1) is 0 Å². The third-order valence-corrected chi connectivity index (χ3v) is 6.00. The Kier molecular flexibility index (Phi) is 5.77. The van der Waals surface area contributed by atoms with E-state index >= 15 is 0 Å². The van der Waals surface area contributed by atoms with Gasteiger partial charge in [-0.2, -0.15) is 0 Å². The zero-order valence-electron chi connectivity index (χ0n) is 18.1. The second-order valence-corrected chi connectivity index (χ2v) is 8.70. The molecule has 0 unspecified atom stereocenters. The molecule has 0 atom stereocenters. The number of pyridine rings is 1. The number of hydrogen-bond acceptors (Lipinski definition) is 4. The number of amides is 1. The summed E-state index contributed by atoms with van der Waals surface area (Å²) >= 11 is 0. The van der Waals surface area contributed by atoms with Gasteiger partial charge in [0, 0.05) is 31.6 Å². The summed E-state index contributed by atoms with van der Waals surface area (Å²) in [5, 5.41) is 2.85. The van der Waals surface area contributed by atoms with Gasteiger partial charge in [0.05, 0.1) is 30.5 Å². The fourth-order valence-corrected chi connectivity index (χ4v) is 4.28. The first kappa shape index (κ1) is 22.4. The molecular formula is C23H26F4N4O. The number of halogens is 4. The van der Waals surface area contributed by atoms with Crippen LogP contribution in [0.3, 0.4) is 0 Å². The van der Waals surface area contributed by atoms with E-state index in [2.05, 4.69) is 10.3 Å². The van der Waals surface area contributed by atoms with Crippen LogP contribution in [-0.2, 0) is 0 Å². The molecule has 9 heteroatoms. The highest BCUT2D eigenvalue weighted by Gasteiger charge is 2.45. The van der Waals surface area contributed by atoms with Gasteiger partial charge in [-0.1, -0.05) is 12.1 Å². The predicted octanol–water partition coefficient (Wildman–Crippen LogP) is 5.03. The first-order chi connectivity index (χ1) is 15.0. The van der Waals surface area contributed by atoms with Crippen molar-refractivity contribution in [1.82, 2.24) is 4.98 Å². The second-order valence-electron chi connectivity index (χ2n) is 8.70. The molecule has 1 N–H and O–H groups in total. The lowest BCUT2D eigenvalue weighted by atomic mass is 10.0. The topological polar surface area (TPSA) is 48.5 Å². The highest BCUT2D eigenvalue weighted by atomic mass is 19.3. The van der Waals surface area contributed by atoms with Crippen LogP contribution in [0.15, 0.2) is 30.5 Å². The van der Waals surface area contributed by atoms with Crippen molar-refractivity contribution in [1.29, 1.82) is 0 Å². The van der Waals surface area contributed by atoms with Crippen LogP contribution >= 0.6 is 0 Å². The highest BCUT2D eigenvalue weighted by Crippen LogP contribution is 2.38. The van der Waals surface area contributed by atoms with Crippen molar-refractivity contribution in [2.45, 2.75) is 45.0 Å². The lowest BCUT2D eigenvalue weighted by molar-refractivity contribution is -0.0263. The predicted molar refractivity (Wildman–Crippen MR) is 116 cm³/mol. The maximum Gasteiger partial charge on any atom is 0.282 e. The van der Waals surface area contributed by atoms with Crippen LogP contribution < -0.4 is 15.1 Å². The normalized spacial score (nSPS) is 19.8. The largest absolute Gasteiger partial charge is 0.358 e. The Hall–Kier alpha value is -2.84. The van der Waals surface area contributed by atoms with Crippen molar-refractivity contribution in [3.8, 4) is 0 Å². The minimum atomic E-state index is -2.77. The first-order valence-electron chi connectivity index (χ1n) is 10.7. The lowest BCUT2D eigenvalue weighted by Gasteiger charge is -2.41. The van der Waals surface area contributed by atoms with Crippen molar-refractivity contribution in [2.75, 3.05) is 41.3 Å². The van der Waals surface area contributed by atoms with Gasteiger partial charge in [0.25, 0.3) is 11.8 Å². The molecule has 1 aromatic heterocycles. The van der Waals surface area contributed by atoms with E-state index < -0.39 is 30.8 Å². The number of carbonyl (C=O) groups is 1. The van der Waals surface area contributed by atoms with Crippen LogP contribution in [0, 0.1) is 13.8 Å². The van der Waals surface area contributed by atoms with E-state index in [1.54, 1.807) is 17.9 Å². The number of carbonyl (C=O) groups excluding carboxylic acids is 1. The molecule has 0 aliphatic carbocycles. The molecule has 2 aliphatic rings. The summed E-state index contributed by atoms with van der Waals surface area (Å²) in [4.78, 5) is 20.9. The maximum absolute atomic E-state index is 13.9. The van der Waals surface area contributed by atoms with Gasteiger partial charge < -0.3 is 15.1 Å². The van der Waals surface area contributed by atoms with E-state index in [0.29, 0.717) is 29.3 Å². The smallest absolute Gasteiger partial charge is 0.282 e. The summed E-state index contributed by atoms with van der Waals surface area (Å²) in [7, 11) is 0. The molecule has 2 fully saturated rings. The van der Waals surface area contributed by atoms with Crippen LogP contribution in [0.25, 0.3) is 0 Å². The average molecular weight is 450 g/mol. The Morgan fingerprint density at radius 1 is 1.03 bits per heavy atom. The van der Waals surface area contributed by atoms with Crippen molar-refractivity contribution >= 4 is 23.1 Å². The minimum Gasteiger partial charge on any atom is -0.358 e. The molecule has 2 aromatic rings. The third-order valence-electron chi connectivity index (χ3n) is 6.00. The van der Waals surface area contributed by atoms with E-state index in [1.165, 1.54) is 11.1 Å². The molecule has 0 radical (unpaired) electrons. The second kappa shape index (κ2) is 8.26. The number of alkyl halides is 4. The fraction of sp³-hybridized carbons (Fsp3) is 0.478. The number of aromatic nitrogens is 1. The van der Waals surface area contributed by atoms with Crippen LogP contribution in [0.1, 0.15) is 40.7 Å².